The van der Waals surface area contributed by atoms with Crippen LogP contribution in [0.3, 0.4) is 0 Å². The molecule has 0 radical (unpaired) electrons. The summed E-state index contributed by atoms with van der Waals surface area (Å²) in [6.45, 7) is 0.760. The van der Waals surface area contributed by atoms with Gasteiger partial charge in [0.1, 0.15) is 12.4 Å². The van der Waals surface area contributed by atoms with Crippen molar-refractivity contribution in [1.29, 1.82) is 0 Å². The molecule has 9 nitrogen and oxygen atoms in total. The van der Waals surface area contributed by atoms with Gasteiger partial charge < -0.3 is 21.5 Å². The number of primary amides is 1. The number of ether oxygens (including phenoxy) is 1. The number of hydrogen-bond donors (Lipinski definition) is 3. The van der Waals surface area contributed by atoms with Gasteiger partial charge in [0.2, 0.25) is 11.8 Å². The Bertz CT molecular complexity index is 1370. The number of benzene rings is 2. The molecule has 0 bridgehead atoms. The number of fused-ring (bicyclic) bond motifs is 1. The summed E-state index contributed by atoms with van der Waals surface area (Å²) >= 11 is 6.59. The van der Waals surface area contributed by atoms with E-state index < -0.39 is 0 Å². The minimum Gasteiger partial charge on any atom is -0.490 e. The van der Waals surface area contributed by atoms with Crippen LogP contribution in [0.1, 0.15) is 62.1 Å². The van der Waals surface area contributed by atoms with Crippen LogP contribution in [0, 0.1) is 0 Å². The van der Waals surface area contributed by atoms with Crippen LogP contribution in [0.15, 0.2) is 41.2 Å². The molecule has 4 rings (SSSR count). The van der Waals surface area contributed by atoms with Gasteiger partial charge in [-0.25, -0.2) is 4.79 Å². The van der Waals surface area contributed by atoms with Crippen molar-refractivity contribution in [2.45, 2.75) is 69.9 Å². The summed E-state index contributed by atoms with van der Waals surface area (Å²) in [5.74, 6) is 0.275. The first-order valence-corrected chi connectivity index (χ1v) is 14.0. The van der Waals surface area contributed by atoms with Crippen LogP contribution < -0.4 is 27.2 Å². The first-order chi connectivity index (χ1) is 18.7. The predicted octanol–water partition coefficient (Wildman–Crippen LogP) is 3.37. The van der Waals surface area contributed by atoms with E-state index in [4.69, 9.17) is 27.8 Å². The van der Waals surface area contributed by atoms with E-state index in [1.807, 2.05) is 35.9 Å². The smallest absolute Gasteiger partial charge is 0.329 e. The van der Waals surface area contributed by atoms with E-state index in [9.17, 15) is 14.4 Å². The zero-order chi connectivity index (χ0) is 27.9. The first-order valence-electron chi connectivity index (χ1n) is 13.6. The van der Waals surface area contributed by atoms with Gasteiger partial charge in [0.15, 0.2) is 0 Å². The largest absolute Gasteiger partial charge is 0.490 e. The number of carbonyl (C=O) groups excluding carboxylic acids is 2. The maximum Gasteiger partial charge on any atom is 0.329 e. The lowest BCUT2D eigenvalue weighted by Gasteiger charge is -2.23. The van der Waals surface area contributed by atoms with Crippen molar-refractivity contribution in [3.63, 3.8) is 0 Å². The van der Waals surface area contributed by atoms with Crippen LogP contribution in [-0.4, -0.2) is 40.1 Å². The number of imidazole rings is 1. The van der Waals surface area contributed by atoms with E-state index in [1.54, 1.807) is 4.57 Å². The molecule has 10 heteroatoms. The SMILES string of the molecule is Cn1c(=O)n(C2CCC(=O)NC2)c2ccc(CCCCCc3cccc(OC[C@@H](N)CCC(N)=O)c3Cl)cc21. The molecule has 1 aliphatic rings. The lowest BCUT2D eigenvalue weighted by Crippen LogP contribution is -2.39. The van der Waals surface area contributed by atoms with Gasteiger partial charge in [-0.3, -0.25) is 18.7 Å². The Morgan fingerprint density at radius 2 is 1.95 bits per heavy atom. The van der Waals surface area contributed by atoms with Crippen LogP contribution in [0.25, 0.3) is 11.0 Å². The quantitative estimate of drug-likeness (QED) is 0.278. The fourth-order valence-electron chi connectivity index (χ4n) is 5.15. The molecule has 2 amide bonds. The topological polar surface area (TPSA) is 134 Å². The second kappa shape index (κ2) is 13.2. The van der Waals surface area contributed by atoms with Gasteiger partial charge in [-0.15, -0.1) is 0 Å². The van der Waals surface area contributed by atoms with Crippen molar-refractivity contribution in [3.8, 4) is 5.75 Å². The fraction of sp³-hybridized carbons (Fsp3) is 0.483. The fourth-order valence-corrected chi connectivity index (χ4v) is 5.42. The average molecular weight is 556 g/mol. The van der Waals surface area contributed by atoms with E-state index in [1.165, 1.54) is 5.56 Å². The highest BCUT2D eigenvalue weighted by Crippen LogP contribution is 2.30. The summed E-state index contributed by atoms with van der Waals surface area (Å²) in [5, 5.41) is 3.48. The number of nitrogens with zero attached hydrogens (tertiary/aromatic N) is 2. The van der Waals surface area contributed by atoms with Gasteiger partial charge in [0, 0.05) is 32.5 Å². The molecular weight excluding hydrogens is 518 g/mol. The van der Waals surface area contributed by atoms with E-state index in [2.05, 4.69) is 17.4 Å². The molecule has 1 aliphatic heterocycles. The molecule has 0 saturated carbocycles. The lowest BCUT2D eigenvalue weighted by atomic mass is 10.0. The molecule has 1 aromatic heterocycles. The second-order valence-corrected chi connectivity index (χ2v) is 10.8. The van der Waals surface area contributed by atoms with Crippen LogP contribution in [0.4, 0.5) is 0 Å². The van der Waals surface area contributed by atoms with Crippen molar-refractivity contribution in [1.82, 2.24) is 14.5 Å². The van der Waals surface area contributed by atoms with Crippen molar-refractivity contribution in [3.05, 3.63) is 63.0 Å². The highest BCUT2D eigenvalue weighted by Gasteiger charge is 2.24. The Labute approximate surface area is 233 Å². The molecule has 3 aromatic rings. The van der Waals surface area contributed by atoms with Crippen molar-refractivity contribution in [2.24, 2.45) is 18.5 Å². The normalized spacial score (nSPS) is 16.3. The maximum atomic E-state index is 13.0. The van der Waals surface area contributed by atoms with Gasteiger partial charge >= 0.3 is 5.69 Å². The number of carbonyl (C=O) groups is 2. The number of piperidine rings is 1. The zero-order valence-electron chi connectivity index (χ0n) is 22.5. The highest BCUT2D eigenvalue weighted by molar-refractivity contribution is 6.32. The number of nitrogens with one attached hydrogen (secondary N) is 1. The van der Waals surface area contributed by atoms with Crippen molar-refractivity contribution < 1.29 is 14.3 Å². The van der Waals surface area contributed by atoms with E-state index in [-0.39, 0.29) is 42.6 Å². The summed E-state index contributed by atoms with van der Waals surface area (Å²) in [5.41, 5.74) is 15.2. The first kappa shape index (κ1) is 28.7. The Morgan fingerprint density at radius 3 is 2.69 bits per heavy atom. The molecule has 2 heterocycles. The zero-order valence-corrected chi connectivity index (χ0v) is 23.2. The third-order valence-electron chi connectivity index (χ3n) is 7.43. The number of nitrogens with two attached hydrogens (primary N) is 2. The number of rotatable bonds is 13. The van der Waals surface area contributed by atoms with Gasteiger partial charge in [0.05, 0.1) is 22.1 Å². The molecule has 0 spiro atoms. The molecule has 39 heavy (non-hydrogen) atoms. The molecule has 1 unspecified atom stereocenters. The Balaban J connectivity index is 1.28. The molecule has 2 atom stereocenters. The Hall–Kier alpha value is -3.30. The van der Waals surface area contributed by atoms with Crippen LogP contribution in [0.5, 0.6) is 5.75 Å². The molecule has 0 aliphatic carbocycles. The standard InChI is InChI=1S/C29H38ClN5O4/c1-34-24-16-19(10-13-23(24)35(29(34)38)22-12-15-27(37)33-17-22)6-3-2-4-7-20-8-5-9-25(28(20)30)39-18-21(31)11-14-26(32)36/h5,8-10,13,16,21-22H,2-4,6-7,11-12,14-15,17-18,31H2,1H3,(H2,32,36)(H,33,37)/t21-,22?/m0/s1. The third kappa shape index (κ3) is 7.22. The number of hydrogen-bond acceptors (Lipinski definition) is 5. The lowest BCUT2D eigenvalue weighted by molar-refractivity contribution is -0.122. The molecular formula is C29H38ClN5O4. The Morgan fingerprint density at radius 1 is 1.15 bits per heavy atom. The van der Waals surface area contributed by atoms with Gasteiger partial charge in [0.25, 0.3) is 0 Å². The summed E-state index contributed by atoms with van der Waals surface area (Å²) in [4.78, 5) is 35.4. The van der Waals surface area contributed by atoms with Crippen LogP contribution in [-0.2, 0) is 29.5 Å². The predicted molar refractivity (Wildman–Crippen MR) is 153 cm³/mol. The number of aromatic nitrogens is 2. The van der Waals surface area contributed by atoms with E-state index >= 15 is 0 Å². The number of unbranched alkanes of at least 4 members (excludes halogenated alkanes) is 2. The second-order valence-electron chi connectivity index (χ2n) is 10.4. The van der Waals surface area contributed by atoms with Gasteiger partial charge in [-0.05, 0) is 67.9 Å². The average Bonchev–Trinajstić information content (AvgIpc) is 3.17. The van der Waals surface area contributed by atoms with Crippen LogP contribution >= 0.6 is 11.6 Å². The summed E-state index contributed by atoms with van der Waals surface area (Å²) in [7, 11) is 1.81. The van der Waals surface area contributed by atoms with Crippen molar-refractivity contribution >= 4 is 34.4 Å². The number of halogens is 1. The molecule has 1 saturated heterocycles. The molecule has 210 valence electrons. The van der Waals surface area contributed by atoms with E-state index in [0.29, 0.717) is 36.6 Å². The minimum absolute atomic E-state index is 0.0148. The summed E-state index contributed by atoms with van der Waals surface area (Å²) in [6, 6.07) is 11.7. The number of amides is 2. The maximum absolute atomic E-state index is 13.0. The third-order valence-corrected chi connectivity index (χ3v) is 7.86. The summed E-state index contributed by atoms with van der Waals surface area (Å²) < 4.78 is 9.34. The molecule has 5 N–H and O–H groups in total. The molecule has 1 fully saturated rings. The Kier molecular flexibility index (Phi) is 9.69. The van der Waals surface area contributed by atoms with Crippen LogP contribution in [0.2, 0.25) is 5.02 Å². The van der Waals surface area contributed by atoms with E-state index in [0.717, 1.165) is 48.7 Å². The monoisotopic (exact) mass is 555 g/mol. The van der Waals surface area contributed by atoms with Crippen molar-refractivity contribution in [2.75, 3.05) is 13.2 Å². The molecule has 2 aromatic carbocycles. The van der Waals surface area contributed by atoms with Gasteiger partial charge in [-0.1, -0.05) is 36.2 Å². The summed E-state index contributed by atoms with van der Waals surface area (Å²) in [6.07, 6.45) is 6.66. The minimum atomic E-state index is -0.372. The number of aryl methyl sites for hydroxylation is 3. The van der Waals surface area contributed by atoms with Gasteiger partial charge in [-0.2, -0.15) is 0 Å². The highest BCUT2D eigenvalue weighted by atomic mass is 35.5.